The summed E-state index contributed by atoms with van der Waals surface area (Å²) in [7, 11) is 0. The van der Waals surface area contributed by atoms with Crippen molar-refractivity contribution in [2.24, 2.45) is 29.1 Å². The minimum absolute atomic E-state index is 0.131. The Bertz CT molecular complexity index is 366. The van der Waals surface area contributed by atoms with Crippen molar-refractivity contribution in [3.05, 3.63) is 0 Å². The van der Waals surface area contributed by atoms with Gasteiger partial charge >= 0.3 is 0 Å². The highest BCUT2D eigenvalue weighted by molar-refractivity contribution is 5.98. The molecule has 1 saturated heterocycles. The number of nitrogens with zero attached hydrogens (tertiary/aromatic N) is 1. The summed E-state index contributed by atoms with van der Waals surface area (Å²) in [6.07, 6.45) is 7.16. The van der Waals surface area contributed by atoms with E-state index in [9.17, 15) is 4.79 Å². The second-order valence-corrected chi connectivity index (χ2v) is 8.44. The molecule has 4 bridgehead atoms. The lowest BCUT2D eigenvalue weighted by Gasteiger charge is -2.55. The first-order valence-electron chi connectivity index (χ1n) is 7.77. The summed E-state index contributed by atoms with van der Waals surface area (Å²) < 4.78 is 0. The summed E-state index contributed by atoms with van der Waals surface area (Å²) in [5.41, 5.74) is 0.131. The van der Waals surface area contributed by atoms with Gasteiger partial charge in [0.25, 0.3) is 0 Å². The van der Waals surface area contributed by atoms with Crippen molar-refractivity contribution < 1.29 is 4.79 Å². The maximum Gasteiger partial charge on any atom is 0.246 e. The summed E-state index contributed by atoms with van der Waals surface area (Å²) in [6, 6.07) is 0.842. The van der Waals surface area contributed by atoms with E-state index in [1.165, 1.54) is 32.1 Å². The van der Waals surface area contributed by atoms with Crippen molar-refractivity contribution in [2.75, 3.05) is 0 Å². The van der Waals surface area contributed by atoms with E-state index in [1.807, 2.05) is 0 Å². The molecule has 2 nitrogen and oxygen atoms in total. The average molecular weight is 247 g/mol. The summed E-state index contributed by atoms with van der Waals surface area (Å²) in [6.45, 7) is 6.64. The SMILES string of the molecule is CC(C)(C)C1C(=O)N1C1C2CC3CC(C2)CC1C3. The average Bonchev–Trinajstić information content (AvgIpc) is 2.87. The molecule has 5 fully saturated rings. The zero-order valence-electron chi connectivity index (χ0n) is 11.9. The molecule has 0 spiro atoms. The lowest BCUT2D eigenvalue weighted by Crippen LogP contribution is -2.52. The molecule has 0 aromatic rings. The Kier molecular flexibility index (Phi) is 2.08. The zero-order valence-corrected chi connectivity index (χ0v) is 11.9. The third kappa shape index (κ3) is 1.44. The highest BCUT2D eigenvalue weighted by Gasteiger charge is 2.62. The molecule has 5 rings (SSSR count). The van der Waals surface area contributed by atoms with Crippen LogP contribution in [-0.2, 0) is 4.79 Å². The van der Waals surface area contributed by atoms with Crippen molar-refractivity contribution in [1.82, 2.24) is 4.90 Å². The van der Waals surface area contributed by atoms with Crippen LogP contribution in [0.15, 0.2) is 0 Å². The fourth-order valence-electron chi connectivity index (χ4n) is 5.65. The molecule has 1 atom stereocenters. The van der Waals surface area contributed by atoms with Gasteiger partial charge in [0.15, 0.2) is 0 Å². The molecule has 18 heavy (non-hydrogen) atoms. The molecule has 0 aromatic heterocycles. The van der Waals surface area contributed by atoms with Crippen LogP contribution in [0, 0.1) is 29.1 Å². The Morgan fingerprint density at radius 1 is 0.944 bits per heavy atom. The molecule has 4 saturated carbocycles. The van der Waals surface area contributed by atoms with Crippen molar-refractivity contribution in [1.29, 1.82) is 0 Å². The molecule has 5 aliphatic rings. The van der Waals surface area contributed by atoms with Gasteiger partial charge in [-0.15, -0.1) is 0 Å². The lowest BCUT2D eigenvalue weighted by atomic mass is 9.54. The molecule has 0 aromatic carbocycles. The molecule has 1 amide bonds. The maximum absolute atomic E-state index is 12.2. The summed E-state index contributed by atoms with van der Waals surface area (Å²) in [5.74, 6) is 4.15. The maximum atomic E-state index is 12.2. The van der Waals surface area contributed by atoms with Crippen LogP contribution in [-0.4, -0.2) is 22.9 Å². The van der Waals surface area contributed by atoms with Gasteiger partial charge in [0.2, 0.25) is 5.91 Å². The number of hydrogen-bond donors (Lipinski definition) is 0. The topological polar surface area (TPSA) is 20.1 Å². The van der Waals surface area contributed by atoms with E-state index in [-0.39, 0.29) is 11.5 Å². The fraction of sp³-hybridized carbons (Fsp3) is 0.938. The van der Waals surface area contributed by atoms with Gasteiger partial charge in [-0.2, -0.15) is 0 Å². The molecule has 0 radical (unpaired) electrons. The first kappa shape index (κ1) is 11.3. The Labute approximate surface area is 110 Å². The molecular weight excluding hydrogens is 222 g/mol. The van der Waals surface area contributed by atoms with Crippen LogP contribution >= 0.6 is 0 Å². The third-order valence-corrected chi connectivity index (χ3v) is 6.02. The van der Waals surface area contributed by atoms with E-state index in [0.29, 0.717) is 11.9 Å². The van der Waals surface area contributed by atoms with Crippen LogP contribution in [0.3, 0.4) is 0 Å². The first-order valence-corrected chi connectivity index (χ1v) is 7.77. The molecule has 1 unspecified atom stereocenters. The summed E-state index contributed by atoms with van der Waals surface area (Å²) in [5, 5.41) is 0. The van der Waals surface area contributed by atoms with Crippen LogP contribution in [0.5, 0.6) is 0 Å². The molecule has 100 valence electrons. The van der Waals surface area contributed by atoms with Crippen LogP contribution < -0.4 is 0 Å². The highest BCUT2D eigenvalue weighted by atomic mass is 16.2. The Hall–Kier alpha value is -0.530. The number of hydrogen-bond acceptors (Lipinski definition) is 1. The van der Waals surface area contributed by atoms with Gasteiger partial charge in [-0.1, -0.05) is 20.8 Å². The van der Waals surface area contributed by atoms with Gasteiger partial charge in [0.05, 0.1) is 0 Å². The molecule has 1 aliphatic heterocycles. The van der Waals surface area contributed by atoms with Gasteiger partial charge in [0, 0.05) is 6.04 Å². The van der Waals surface area contributed by atoms with E-state index in [1.54, 1.807) is 0 Å². The molecule has 2 heteroatoms. The second kappa shape index (κ2) is 3.32. The molecule has 0 N–H and O–H groups in total. The van der Waals surface area contributed by atoms with Crippen molar-refractivity contribution in [3.63, 3.8) is 0 Å². The summed E-state index contributed by atoms with van der Waals surface area (Å²) >= 11 is 0. The fourth-order valence-corrected chi connectivity index (χ4v) is 5.65. The number of amides is 1. The quantitative estimate of drug-likeness (QED) is 0.652. The summed E-state index contributed by atoms with van der Waals surface area (Å²) in [4.78, 5) is 14.5. The van der Waals surface area contributed by atoms with E-state index >= 15 is 0 Å². The van der Waals surface area contributed by atoms with E-state index in [0.717, 1.165) is 23.7 Å². The largest absolute Gasteiger partial charge is 0.325 e. The molecule has 1 heterocycles. The van der Waals surface area contributed by atoms with E-state index < -0.39 is 0 Å². The van der Waals surface area contributed by atoms with Crippen LogP contribution in [0.4, 0.5) is 0 Å². The predicted octanol–water partition coefficient (Wildman–Crippen LogP) is 3.07. The standard InChI is InChI=1S/C16H25NO/c1-16(2,3)14-15(18)17(14)13-11-5-9-4-10(7-11)8-12(13)6-9/h9-14H,4-8H2,1-3H3. The molecule has 4 aliphatic carbocycles. The minimum atomic E-state index is 0.131. The molecular formula is C16H25NO. The number of rotatable bonds is 1. The monoisotopic (exact) mass is 247 g/mol. The highest BCUT2D eigenvalue weighted by Crippen LogP contribution is 2.58. The van der Waals surface area contributed by atoms with Crippen LogP contribution in [0.1, 0.15) is 52.9 Å². The second-order valence-electron chi connectivity index (χ2n) is 8.44. The third-order valence-electron chi connectivity index (χ3n) is 6.02. The van der Waals surface area contributed by atoms with E-state index in [2.05, 4.69) is 25.7 Å². The van der Waals surface area contributed by atoms with Gasteiger partial charge in [-0.05, 0) is 61.2 Å². The normalized spacial score (nSPS) is 49.9. The van der Waals surface area contributed by atoms with Crippen molar-refractivity contribution in [3.8, 4) is 0 Å². The smallest absolute Gasteiger partial charge is 0.246 e. The zero-order chi connectivity index (χ0) is 12.7. The first-order chi connectivity index (χ1) is 8.45. The minimum Gasteiger partial charge on any atom is -0.325 e. The van der Waals surface area contributed by atoms with E-state index in [4.69, 9.17) is 0 Å². The Balaban J connectivity index is 1.58. The Morgan fingerprint density at radius 2 is 1.44 bits per heavy atom. The van der Waals surface area contributed by atoms with Gasteiger partial charge in [-0.3, -0.25) is 4.79 Å². The van der Waals surface area contributed by atoms with Gasteiger partial charge in [0.1, 0.15) is 6.04 Å². The lowest BCUT2D eigenvalue weighted by molar-refractivity contribution is -0.118. The van der Waals surface area contributed by atoms with Gasteiger partial charge in [-0.25, -0.2) is 0 Å². The number of carbonyl (C=O) groups is 1. The van der Waals surface area contributed by atoms with Crippen LogP contribution in [0.25, 0.3) is 0 Å². The van der Waals surface area contributed by atoms with Gasteiger partial charge < -0.3 is 4.90 Å². The predicted molar refractivity (Wildman–Crippen MR) is 70.9 cm³/mol. The van der Waals surface area contributed by atoms with Crippen molar-refractivity contribution in [2.45, 2.75) is 65.0 Å². The van der Waals surface area contributed by atoms with Crippen molar-refractivity contribution >= 4 is 5.91 Å². The van der Waals surface area contributed by atoms with Crippen LogP contribution in [0.2, 0.25) is 0 Å². The Morgan fingerprint density at radius 3 is 1.83 bits per heavy atom. The number of carbonyl (C=O) groups excluding carboxylic acids is 1.